The topological polar surface area (TPSA) is 23.4 Å². The molecule has 0 radical (unpaired) electrons. The second-order valence-electron chi connectivity index (χ2n) is 10.4. The number of allylic oxidation sites excluding steroid dienone is 1. The third-order valence-corrected chi connectivity index (χ3v) is 8.68. The summed E-state index contributed by atoms with van der Waals surface area (Å²) >= 11 is 7.10. The normalized spacial score (nSPS) is 17.2. The molecule has 1 aromatic heterocycles. The Balaban J connectivity index is 0.000000125. The Kier molecular flexibility index (Phi) is 8.71. The predicted molar refractivity (Wildman–Crippen MR) is 173 cm³/mol. The van der Waals surface area contributed by atoms with Crippen molar-refractivity contribution >= 4 is 53.7 Å². The highest BCUT2D eigenvalue weighted by atomic mass is 79.9. The largest absolute Gasteiger partial charge is 0.502 e. The van der Waals surface area contributed by atoms with Gasteiger partial charge in [0.1, 0.15) is 6.23 Å². The Labute approximate surface area is 253 Å². The summed E-state index contributed by atoms with van der Waals surface area (Å²) in [6.07, 6.45) is 11.0. The Morgan fingerprint density at radius 1 is 0.675 bits per heavy atom. The van der Waals surface area contributed by atoms with Gasteiger partial charge in [-0.15, -0.1) is 0 Å². The summed E-state index contributed by atoms with van der Waals surface area (Å²) in [5, 5.41) is 2.61. The van der Waals surface area contributed by atoms with Crippen LogP contribution in [0.1, 0.15) is 49.5 Å². The van der Waals surface area contributed by atoms with E-state index >= 15 is 0 Å². The van der Waals surface area contributed by atoms with E-state index in [0.717, 1.165) is 30.5 Å². The number of hydrogen-bond donors (Lipinski definition) is 0. The fourth-order valence-corrected chi connectivity index (χ4v) is 6.57. The highest BCUT2D eigenvalue weighted by Gasteiger charge is 2.21. The van der Waals surface area contributed by atoms with Crippen LogP contribution in [0.3, 0.4) is 0 Å². The van der Waals surface area contributed by atoms with Crippen LogP contribution in [0.2, 0.25) is 0 Å². The van der Waals surface area contributed by atoms with E-state index in [1.165, 1.54) is 74.2 Å². The molecule has 5 aromatic rings. The molecule has 0 N–H and O–H groups in total. The van der Waals surface area contributed by atoms with Gasteiger partial charge in [0.2, 0.25) is 0 Å². The number of halogens is 2. The van der Waals surface area contributed by atoms with Crippen molar-refractivity contribution in [1.29, 1.82) is 0 Å². The van der Waals surface area contributed by atoms with E-state index in [1.807, 2.05) is 6.08 Å². The maximum absolute atomic E-state index is 6.03. The van der Waals surface area contributed by atoms with E-state index in [2.05, 4.69) is 121 Å². The number of fused-ring (bicyclic) bond motifs is 6. The number of aromatic nitrogens is 1. The van der Waals surface area contributed by atoms with E-state index in [-0.39, 0.29) is 6.23 Å². The maximum atomic E-state index is 6.03. The standard InChI is InChI=1S/C17H16BrNO.C13H9Br.C5H8O/c18-12-8-9-14-13-5-1-2-6-15(13)19(16(14)11-12)17-7-3-4-10-20-17;14-11-5-6-13-10(8-11)7-9-3-1-2-4-12(9)13;1-2-4-6-5-3-1/h1-2,5-6,8-9,11,17H,3-4,7,10H2;1-6,8H,7H2;2,4H,1,3,5H2. The Morgan fingerprint density at radius 2 is 1.45 bits per heavy atom. The van der Waals surface area contributed by atoms with E-state index in [4.69, 9.17) is 9.47 Å². The SMILES string of the molecule is Brc1ccc2c(c1)Cc1ccccc1-2.Brc1ccc2c3ccccc3n(C3CCCCO3)c2c1.C1=COCCC1. The Morgan fingerprint density at radius 3 is 2.23 bits per heavy atom. The molecule has 1 saturated heterocycles. The second kappa shape index (κ2) is 12.8. The fourth-order valence-electron chi connectivity index (χ4n) is 5.81. The minimum Gasteiger partial charge on any atom is -0.502 e. The lowest BCUT2D eigenvalue weighted by atomic mass is 10.1. The maximum Gasteiger partial charge on any atom is 0.134 e. The van der Waals surface area contributed by atoms with Gasteiger partial charge in [-0.2, -0.15) is 0 Å². The smallest absolute Gasteiger partial charge is 0.134 e. The van der Waals surface area contributed by atoms with E-state index in [1.54, 1.807) is 6.26 Å². The summed E-state index contributed by atoms with van der Waals surface area (Å²) in [7, 11) is 0. The van der Waals surface area contributed by atoms with Gasteiger partial charge < -0.3 is 14.0 Å². The van der Waals surface area contributed by atoms with Crippen molar-refractivity contribution < 1.29 is 9.47 Å². The van der Waals surface area contributed by atoms with Gasteiger partial charge in [-0.3, -0.25) is 0 Å². The fraction of sp³-hybridized carbons (Fsp3) is 0.257. The Hall–Kier alpha value is -2.86. The molecule has 204 valence electrons. The van der Waals surface area contributed by atoms with E-state index in [9.17, 15) is 0 Å². The molecule has 0 bridgehead atoms. The first-order valence-corrected chi connectivity index (χ1v) is 15.7. The molecule has 8 rings (SSSR count). The van der Waals surface area contributed by atoms with Crippen LogP contribution in [0.15, 0.2) is 106 Å². The molecule has 5 heteroatoms. The van der Waals surface area contributed by atoms with Crippen molar-refractivity contribution in [3.05, 3.63) is 117 Å². The third kappa shape index (κ3) is 5.93. The van der Waals surface area contributed by atoms with Crippen LogP contribution in [0.25, 0.3) is 32.9 Å². The van der Waals surface area contributed by atoms with Gasteiger partial charge in [0.05, 0.1) is 23.9 Å². The van der Waals surface area contributed by atoms with Gasteiger partial charge >= 0.3 is 0 Å². The van der Waals surface area contributed by atoms with Crippen LogP contribution in [0.5, 0.6) is 0 Å². The summed E-state index contributed by atoms with van der Waals surface area (Å²) in [6, 6.07) is 30.3. The molecular formula is C35H33Br2NO2. The van der Waals surface area contributed by atoms with Crippen molar-refractivity contribution in [1.82, 2.24) is 4.57 Å². The highest BCUT2D eigenvalue weighted by molar-refractivity contribution is 9.10. The zero-order valence-corrected chi connectivity index (χ0v) is 25.7. The lowest BCUT2D eigenvalue weighted by Crippen LogP contribution is -2.17. The number of rotatable bonds is 1. The number of nitrogens with zero attached hydrogens (tertiary/aromatic N) is 1. The summed E-state index contributed by atoms with van der Waals surface area (Å²) in [5.41, 5.74) is 8.19. The van der Waals surface area contributed by atoms with Gasteiger partial charge in [0.15, 0.2) is 0 Å². The van der Waals surface area contributed by atoms with Gasteiger partial charge in [-0.1, -0.05) is 86.5 Å². The molecule has 3 aliphatic rings. The molecule has 3 nitrogen and oxygen atoms in total. The Bertz CT molecular complexity index is 1640. The molecule has 1 aliphatic carbocycles. The predicted octanol–water partition coefficient (Wildman–Crippen LogP) is 10.6. The summed E-state index contributed by atoms with van der Waals surface area (Å²) in [4.78, 5) is 0. The van der Waals surface area contributed by atoms with Crippen molar-refractivity contribution in [3.8, 4) is 11.1 Å². The molecule has 4 aromatic carbocycles. The molecule has 0 saturated carbocycles. The van der Waals surface area contributed by atoms with Gasteiger partial charge in [-0.25, -0.2) is 0 Å². The number of benzene rings is 4. The van der Waals surface area contributed by atoms with Crippen LogP contribution in [0.4, 0.5) is 0 Å². The molecule has 1 fully saturated rings. The first kappa shape index (κ1) is 27.3. The molecule has 0 spiro atoms. The lowest BCUT2D eigenvalue weighted by Gasteiger charge is -2.25. The van der Waals surface area contributed by atoms with Crippen LogP contribution in [-0.4, -0.2) is 17.8 Å². The molecule has 1 unspecified atom stereocenters. The second-order valence-corrected chi connectivity index (χ2v) is 12.2. The van der Waals surface area contributed by atoms with E-state index in [0.29, 0.717) is 0 Å². The van der Waals surface area contributed by atoms with Gasteiger partial charge in [-0.05, 0) is 97.2 Å². The minimum absolute atomic E-state index is 0.167. The quantitative estimate of drug-likeness (QED) is 0.175. The van der Waals surface area contributed by atoms with Crippen LogP contribution in [0, 0.1) is 0 Å². The summed E-state index contributed by atoms with van der Waals surface area (Å²) in [6.45, 7) is 1.78. The molecule has 3 heterocycles. The van der Waals surface area contributed by atoms with E-state index < -0.39 is 0 Å². The third-order valence-electron chi connectivity index (χ3n) is 7.70. The highest BCUT2D eigenvalue weighted by Crippen LogP contribution is 2.38. The molecule has 40 heavy (non-hydrogen) atoms. The van der Waals surface area contributed by atoms with Crippen LogP contribution in [-0.2, 0) is 15.9 Å². The first-order valence-electron chi connectivity index (χ1n) is 14.1. The number of para-hydroxylation sites is 1. The summed E-state index contributed by atoms with van der Waals surface area (Å²) < 4.78 is 15.6. The molecule has 2 aliphatic heterocycles. The minimum atomic E-state index is 0.167. The average molecular weight is 659 g/mol. The molecule has 0 amide bonds. The van der Waals surface area contributed by atoms with Crippen molar-refractivity contribution in [2.45, 2.75) is 44.8 Å². The first-order chi connectivity index (χ1) is 19.7. The average Bonchev–Trinajstić information content (AvgIpc) is 3.53. The lowest BCUT2D eigenvalue weighted by molar-refractivity contribution is -0.0267. The zero-order chi connectivity index (χ0) is 27.3. The summed E-state index contributed by atoms with van der Waals surface area (Å²) in [5.74, 6) is 0. The van der Waals surface area contributed by atoms with Gasteiger partial charge in [0, 0.05) is 26.3 Å². The number of ether oxygens (including phenoxy) is 2. The van der Waals surface area contributed by atoms with Gasteiger partial charge in [0.25, 0.3) is 0 Å². The molecule has 1 atom stereocenters. The van der Waals surface area contributed by atoms with Crippen molar-refractivity contribution in [2.24, 2.45) is 0 Å². The molecular weight excluding hydrogens is 626 g/mol. The number of hydrogen-bond acceptors (Lipinski definition) is 2. The van der Waals surface area contributed by atoms with Crippen molar-refractivity contribution in [3.63, 3.8) is 0 Å². The monoisotopic (exact) mass is 657 g/mol. The van der Waals surface area contributed by atoms with Crippen LogP contribution >= 0.6 is 31.9 Å². The van der Waals surface area contributed by atoms with Crippen LogP contribution < -0.4 is 0 Å². The zero-order valence-electron chi connectivity index (χ0n) is 22.5. The van der Waals surface area contributed by atoms with Crippen molar-refractivity contribution in [2.75, 3.05) is 13.2 Å².